The molecule has 1 aliphatic carbocycles. The maximum absolute atomic E-state index is 14.5. The first-order valence-electron chi connectivity index (χ1n) is 17.4. The number of nitrogens with one attached hydrogen (secondary N) is 5. The summed E-state index contributed by atoms with van der Waals surface area (Å²) in [6.45, 7) is 13.6. The lowest BCUT2D eigenvalue weighted by molar-refractivity contribution is -0.136. The summed E-state index contributed by atoms with van der Waals surface area (Å²) in [5, 5.41) is 13.2. The number of carbonyl (C=O) groups excluding carboxylic acids is 2. The molecule has 1 aromatic heterocycles. The topological polar surface area (TPSA) is 111 Å². The van der Waals surface area contributed by atoms with E-state index in [0.717, 1.165) is 51.9 Å². The lowest BCUT2D eigenvalue weighted by Crippen LogP contribution is -2.63. The van der Waals surface area contributed by atoms with Crippen molar-refractivity contribution in [3.05, 3.63) is 82.9 Å². The monoisotopic (exact) mass is 700 g/mol. The lowest BCUT2D eigenvalue weighted by atomic mass is 9.78. The second-order valence-electron chi connectivity index (χ2n) is 13.5. The number of alkyl halides is 3. The van der Waals surface area contributed by atoms with Crippen molar-refractivity contribution in [1.29, 1.82) is 0 Å². The molecule has 5 N–H and O–H groups in total. The molecule has 272 valence electrons. The molecule has 1 saturated heterocycles. The van der Waals surface area contributed by atoms with Crippen molar-refractivity contribution in [2.24, 2.45) is 5.92 Å². The molecule has 3 aromatic rings. The molecule has 1 fully saturated rings. The molecule has 0 saturated carbocycles. The molecule has 1 unspecified atom stereocenters. The lowest BCUT2D eigenvalue weighted by Gasteiger charge is -2.40. The van der Waals surface area contributed by atoms with Crippen LogP contribution in [0.1, 0.15) is 49.1 Å². The van der Waals surface area contributed by atoms with Gasteiger partial charge in [-0.25, -0.2) is 4.39 Å². The fourth-order valence-electron chi connectivity index (χ4n) is 6.83. The third-order valence-electron chi connectivity index (χ3n) is 9.99. The van der Waals surface area contributed by atoms with E-state index < -0.39 is 29.0 Å². The number of para-hydroxylation sites is 1. The standard InChI is InChI=1S/C37H48F4N6O3/c1-4-24(2)32(23-42-14-15-47-16-18-50-19-17-47)45-35(49)36(46-25(3)22-43-33(48)20-26-8-5-6-11-30(26)38)13-12-31-28(21-36)27-9-7-10-29(34(27)44-31)37(39,40)41/h5-11,24,32,42,44,46H,3-4,12-23H2,1-2H3,(H,43,48)(H,45,49)/t24?,32-,36-/m1/s1. The number of nitrogens with zero attached hydrogens (tertiary/aromatic N) is 1. The number of aryl methyl sites for hydroxylation is 1. The van der Waals surface area contributed by atoms with Crippen LogP contribution in [-0.2, 0) is 39.8 Å². The van der Waals surface area contributed by atoms with Crippen LogP contribution in [0.5, 0.6) is 0 Å². The number of ether oxygens (including phenoxy) is 1. The number of benzene rings is 2. The Morgan fingerprint density at radius 2 is 1.88 bits per heavy atom. The molecule has 2 heterocycles. The fraction of sp³-hybridized carbons (Fsp3) is 0.514. The van der Waals surface area contributed by atoms with Gasteiger partial charge in [-0.2, -0.15) is 13.2 Å². The van der Waals surface area contributed by atoms with Crippen molar-refractivity contribution in [3.8, 4) is 0 Å². The van der Waals surface area contributed by atoms with Crippen LogP contribution in [0.2, 0.25) is 0 Å². The summed E-state index contributed by atoms with van der Waals surface area (Å²) < 4.78 is 61.4. The number of aromatic amines is 1. The van der Waals surface area contributed by atoms with Crippen molar-refractivity contribution in [2.75, 3.05) is 52.5 Å². The van der Waals surface area contributed by atoms with Gasteiger partial charge in [-0.3, -0.25) is 14.5 Å². The Morgan fingerprint density at radius 3 is 2.60 bits per heavy atom. The third kappa shape index (κ3) is 9.04. The van der Waals surface area contributed by atoms with Gasteiger partial charge in [-0.1, -0.05) is 57.2 Å². The van der Waals surface area contributed by atoms with Gasteiger partial charge in [-0.15, -0.1) is 0 Å². The van der Waals surface area contributed by atoms with E-state index in [1.165, 1.54) is 18.2 Å². The van der Waals surface area contributed by atoms with Crippen LogP contribution in [0.15, 0.2) is 54.7 Å². The zero-order chi connectivity index (χ0) is 35.9. The zero-order valence-electron chi connectivity index (χ0n) is 28.8. The number of rotatable bonds is 15. The SMILES string of the molecule is C=C(CNC(=O)Cc1ccccc1F)N[C@]1(C(=O)N[C@H](CNCCN2CCOCC2)C(C)CC)CCc2[nH]c3c(C(F)(F)F)cccc3c2C1. The number of halogens is 4. The average Bonchev–Trinajstić information content (AvgIpc) is 3.47. The summed E-state index contributed by atoms with van der Waals surface area (Å²) in [5.41, 5.74) is -0.106. The molecule has 2 aromatic carbocycles. The molecule has 2 aliphatic rings. The second kappa shape index (κ2) is 16.4. The fourth-order valence-corrected chi connectivity index (χ4v) is 6.83. The van der Waals surface area contributed by atoms with Crippen LogP contribution in [0.25, 0.3) is 10.9 Å². The molecular formula is C37H48F4N6O3. The Morgan fingerprint density at radius 1 is 1.12 bits per heavy atom. The normalized spacial score (nSPS) is 19.4. The first-order valence-corrected chi connectivity index (χ1v) is 17.4. The summed E-state index contributed by atoms with van der Waals surface area (Å²) >= 11 is 0. The minimum Gasteiger partial charge on any atom is -0.379 e. The smallest absolute Gasteiger partial charge is 0.379 e. The summed E-state index contributed by atoms with van der Waals surface area (Å²) in [5.74, 6) is -1.05. The van der Waals surface area contributed by atoms with Gasteiger partial charge in [0, 0.05) is 62.0 Å². The second-order valence-corrected chi connectivity index (χ2v) is 13.5. The molecule has 2 amide bonds. The van der Waals surface area contributed by atoms with Crippen LogP contribution in [0.3, 0.4) is 0 Å². The highest BCUT2D eigenvalue weighted by Crippen LogP contribution is 2.40. The number of carbonyl (C=O) groups is 2. The van der Waals surface area contributed by atoms with E-state index in [2.05, 4.69) is 51.6 Å². The third-order valence-corrected chi connectivity index (χ3v) is 9.99. The van der Waals surface area contributed by atoms with Crippen molar-refractivity contribution in [3.63, 3.8) is 0 Å². The molecule has 3 atom stereocenters. The van der Waals surface area contributed by atoms with Crippen LogP contribution >= 0.6 is 0 Å². The van der Waals surface area contributed by atoms with Crippen LogP contribution in [0, 0.1) is 11.7 Å². The Kier molecular flexibility index (Phi) is 12.2. The van der Waals surface area contributed by atoms with Crippen LogP contribution in [0.4, 0.5) is 17.6 Å². The van der Waals surface area contributed by atoms with E-state index >= 15 is 0 Å². The minimum absolute atomic E-state index is 0.00221. The molecule has 50 heavy (non-hydrogen) atoms. The highest BCUT2D eigenvalue weighted by atomic mass is 19.4. The van der Waals surface area contributed by atoms with Gasteiger partial charge in [0.25, 0.3) is 0 Å². The molecule has 9 nitrogen and oxygen atoms in total. The van der Waals surface area contributed by atoms with E-state index in [4.69, 9.17) is 4.74 Å². The largest absolute Gasteiger partial charge is 0.418 e. The number of hydrogen-bond acceptors (Lipinski definition) is 6. The van der Waals surface area contributed by atoms with Gasteiger partial charge in [-0.05, 0) is 42.0 Å². The number of aromatic nitrogens is 1. The molecule has 13 heteroatoms. The van der Waals surface area contributed by atoms with Crippen molar-refractivity contribution in [2.45, 2.75) is 63.7 Å². The number of fused-ring (bicyclic) bond motifs is 3. The molecular weight excluding hydrogens is 652 g/mol. The van der Waals surface area contributed by atoms with Crippen molar-refractivity contribution >= 4 is 22.7 Å². The zero-order valence-corrected chi connectivity index (χ0v) is 28.8. The maximum Gasteiger partial charge on any atom is 0.418 e. The van der Waals surface area contributed by atoms with E-state index in [0.29, 0.717) is 35.3 Å². The average molecular weight is 701 g/mol. The first kappa shape index (κ1) is 37.3. The maximum atomic E-state index is 14.5. The quantitative estimate of drug-likeness (QED) is 0.118. The molecule has 5 rings (SSSR count). The summed E-state index contributed by atoms with van der Waals surface area (Å²) in [6, 6.07) is 9.90. The first-order chi connectivity index (χ1) is 23.9. The van der Waals surface area contributed by atoms with Gasteiger partial charge in [0.1, 0.15) is 11.4 Å². The molecule has 0 spiro atoms. The van der Waals surface area contributed by atoms with E-state index in [1.807, 2.05) is 0 Å². The van der Waals surface area contributed by atoms with E-state index in [1.54, 1.807) is 18.2 Å². The highest BCUT2D eigenvalue weighted by molar-refractivity contribution is 5.92. The molecule has 1 aliphatic heterocycles. The Hall–Kier alpha value is -3.94. The molecule has 0 radical (unpaired) electrons. The Labute approximate surface area is 290 Å². The van der Waals surface area contributed by atoms with Gasteiger partial charge >= 0.3 is 6.18 Å². The minimum atomic E-state index is -4.55. The van der Waals surface area contributed by atoms with Gasteiger partial charge in [0.05, 0.1) is 37.3 Å². The molecule has 0 bridgehead atoms. The predicted octanol–water partition coefficient (Wildman–Crippen LogP) is 4.47. The van der Waals surface area contributed by atoms with Gasteiger partial charge in [0.2, 0.25) is 11.8 Å². The summed E-state index contributed by atoms with van der Waals surface area (Å²) in [6.07, 6.45) is -3.19. The van der Waals surface area contributed by atoms with E-state index in [-0.39, 0.29) is 54.8 Å². The number of hydrogen-bond donors (Lipinski definition) is 5. The summed E-state index contributed by atoms with van der Waals surface area (Å²) in [7, 11) is 0. The number of H-pyrrole nitrogens is 1. The van der Waals surface area contributed by atoms with Crippen LogP contribution < -0.4 is 21.3 Å². The summed E-state index contributed by atoms with van der Waals surface area (Å²) in [4.78, 5) is 32.5. The number of amides is 2. The predicted molar refractivity (Wildman–Crippen MR) is 185 cm³/mol. The highest BCUT2D eigenvalue weighted by Gasteiger charge is 2.44. The number of morpholine rings is 1. The van der Waals surface area contributed by atoms with E-state index in [9.17, 15) is 27.2 Å². The Bertz CT molecular complexity index is 1650. The Balaban J connectivity index is 1.34. The van der Waals surface area contributed by atoms with Gasteiger partial charge < -0.3 is 31.0 Å². The van der Waals surface area contributed by atoms with Crippen molar-refractivity contribution in [1.82, 2.24) is 31.2 Å². The van der Waals surface area contributed by atoms with Crippen LogP contribution in [-0.4, -0.2) is 85.8 Å². The van der Waals surface area contributed by atoms with Crippen molar-refractivity contribution < 1.29 is 31.9 Å². The van der Waals surface area contributed by atoms with Gasteiger partial charge in [0.15, 0.2) is 0 Å².